The molecule has 98 valence electrons. The SMILES string of the molecule is CCOC(=O)/C=C/CNCC1CCCCN1C. The maximum Gasteiger partial charge on any atom is 0.330 e. The van der Waals surface area contributed by atoms with Crippen molar-refractivity contribution in [2.45, 2.75) is 32.2 Å². The Morgan fingerprint density at radius 3 is 3.06 bits per heavy atom. The van der Waals surface area contributed by atoms with Crippen LogP contribution in [0.15, 0.2) is 12.2 Å². The number of likely N-dealkylation sites (N-methyl/N-ethyl adjacent to an activating group) is 1. The number of likely N-dealkylation sites (tertiary alicyclic amines) is 1. The van der Waals surface area contributed by atoms with Gasteiger partial charge in [-0.2, -0.15) is 0 Å². The van der Waals surface area contributed by atoms with E-state index in [1.54, 1.807) is 0 Å². The van der Waals surface area contributed by atoms with Crippen molar-refractivity contribution in [2.75, 3.05) is 33.3 Å². The van der Waals surface area contributed by atoms with Gasteiger partial charge >= 0.3 is 5.97 Å². The summed E-state index contributed by atoms with van der Waals surface area (Å²) in [7, 11) is 2.18. The molecule has 1 N–H and O–H groups in total. The first-order chi connectivity index (χ1) is 8.24. The fourth-order valence-corrected chi connectivity index (χ4v) is 2.08. The van der Waals surface area contributed by atoms with Crippen LogP contribution in [0.2, 0.25) is 0 Å². The average molecular weight is 240 g/mol. The van der Waals surface area contributed by atoms with Crippen molar-refractivity contribution in [1.29, 1.82) is 0 Å². The molecule has 0 radical (unpaired) electrons. The molecule has 0 aromatic rings. The van der Waals surface area contributed by atoms with E-state index >= 15 is 0 Å². The van der Waals surface area contributed by atoms with E-state index in [9.17, 15) is 4.79 Å². The van der Waals surface area contributed by atoms with Crippen LogP contribution in [0.25, 0.3) is 0 Å². The number of piperidine rings is 1. The lowest BCUT2D eigenvalue weighted by Crippen LogP contribution is -2.43. The molecule has 1 heterocycles. The van der Waals surface area contributed by atoms with Crippen molar-refractivity contribution in [1.82, 2.24) is 10.2 Å². The first-order valence-electron chi connectivity index (χ1n) is 6.48. The first kappa shape index (κ1) is 14.2. The minimum Gasteiger partial charge on any atom is -0.463 e. The standard InChI is InChI=1S/C13H24N2O2/c1-3-17-13(16)8-6-9-14-11-12-7-4-5-10-15(12)2/h6,8,12,14H,3-5,7,9-11H2,1-2H3/b8-6+. The number of esters is 1. The molecule has 1 rings (SSSR count). The Bertz CT molecular complexity index is 254. The van der Waals surface area contributed by atoms with Gasteiger partial charge in [0.2, 0.25) is 0 Å². The predicted octanol–water partition coefficient (Wildman–Crippen LogP) is 1.18. The lowest BCUT2D eigenvalue weighted by Gasteiger charge is -2.32. The second kappa shape index (κ2) is 8.25. The van der Waals surface area contributed by atoms with Crippen LogP contribution in [0, 0.1) is 0 Å². The summed E-state index contributed by atoms with van der Waals surface area (Å²) in [6.07, 6.45) is 7.22. The van der Waals surface area contributed by atoms with Gasteiger partial charge in [-0.1, -0.05) is 12.5 Å². The summed E-state index contributed by atoms with van der Waals surface area (Å²) >= 11 is 0. The van der Waals surface area contributed by atoms with Gasteiger partial charge in [0.1, 0.15) is 0 Å². The first-order valence-corrected chi connectivity index (χ1v) is 6.48. The number of hydrogen-bond acceptors (Lipinski definition) is 4. The number of rotatable bonds is 6. The van der Waals surface area contributed by atoms with Crippen LogP contribution in [-0.2, 0) is 9.53 Å². The van der Waals surface area contributed by atoms with Crippen LogP contribution < -0.4 is 5.32 Å². The normalized spacial score (nSPS) is 21.9. The van der Waals surface area contributed by atoms with Crippen LogP contribution >= 0.6 is 0 Å². The van der Waals surface area contributed by atoms with Gasteiger partial charge in [-0.3, -0.25) is 0 Å². The van der Waals surface area contributed by atoms with Gasteiger partial charge in [0.05, 0.1) is 6.61 Å². The average Bonchev–Trinajstić information content (AvgIpc) is 2.31. The molecule has 1 fully saturated rings. The van der Waals surface area contributed by atoms with Gasteiger partial charge in [0.25, 0.3) is 0 Å². The maximum absolute atomic E-state index is 11.0. The minimum absolute atomic E-state index is 0.260. The van der Waals surface area contributed by atoms with Gasteiger partial charge in [-0.15, -0.1) is 0 Å². The summed E-state index contributed by atoms with van der Waals surface area (Å²) in [4.78, 5) is 13.4. The third kappa shape index (κ3) is 5.84. The van der Waals surface area contributed by atoms with Crippen LogP contribution in [0.4, 0.5) is 0 Å². The van der Waals surface area contributed by atoms with E-state index in [2.05, 4.69) is 17.3 Å². The number of hydrogen-bond donors (Lipinski definition) is 1. The molecule has 4 nitrogen and oxygen atoms in total. The van der Waals surface area contributed by atoms with Crippen LogP contribution in [-0.4, -0.2) is 50.2 Å². The van der Waals surface area contributed by atoms with Crippen LogP contribution in [0.5, 0.6) is 0 Å². The topological polar surface area (TPSA) is 41.6 Å². The van der Waals surface area contributed by atoms with E-state index in [0.29, 0.717) is 12.6 Å². The molecule has 0 aliphatic carbocycles. The fraction of sp³-hybridized carbons (Fsp3) is 0.769. The van der Waals surface area contributed by atoms with Gasteiger partial charge < -0.3 is 15.0 Å². The fourth-order valence-electron chi connectivity index (χ4n) is 2.08. The summed E-state index contributed by atoms with van der Waals surface area (Å²) in [6, 6.07) is 0.639. The second-order valence-electron chi connectivity index (χ2n) is 4.44. The molecule has 1 aliphatic rings. The highest BCUT2D eigenvalue weighted by Gasteiger charge is 2.17. The molecule has 17 heavy (non-hydrogen) atoms. The molecule has 1 saturated heterocycles. The Kier molecular flexibility index (Phi) is 6.89. The van der Waals surface area contributed by atoms with Crippen molar-refractivity contribution in [3.05, 3.63) is 12.2 Å². The van der Waals surface area contributed by atoms with E-state index in [-0.39, 0.29) is 5.97 Å². The molecule has 0 spiro atoms. The zero-order valence-corrected chi connectivity index (χ0v) is 10.9. The van der Waals surface area contributed by atoms with Crippen LogP contribution in [0.3, 0.4) is 0 Å². The summed E-state index contributed by atoms with van der Waals surface area (Å²) in [6.45, 7) is 5.16. The third-order valence-electron chi connectivity index (χ3n) is 3.10. The zero-order valence-electron chi connectivity index (χ0n) is 10.9. The Morgan fingerprint density at radius 2 is 2.35 bits per heavy atom. The Morgan fingerprint density at radius 1 is 1.53 bits per heavy atom. The number of nitrogens with one attached hydrogen (secondary N) is 1. The molecule has 1 aliphatic heterocycles. The summed E-state index contributed by atoms with van der Waals surface area (Å²) in [5, 5.41) is 3.35. The lowest BCUT2D eigenvalue weighted by atomic mass is 10.0. The quantitative estimate of drug-likeness (QED) is 0.430. The molecule has 0 amide bonds. The summed E-state index contributed by atoms with van der Waals surface area (Å²) in [5.41, 5.74) is 0. The Balaban J connectivity index is 2.08. The van der Waals surface area contributed by atoms with E-state index in [0.717, 1.165) is 13.1 Å². The molecular formula is C13H24N2O2. The van der Waals surface area contributed by atoms with Gasteiger partial charge in [0.15, 0.2) is 0 Å². The van der Waals surface area contributed by atoms with Crippen molar-refractivity contribution in [3.63, 3.8) is 0 Å². The molecule has 0 aromatic carbocycles. The van der Waals surface area contributed by atoms with E-state index in [4.69, 9.17) is 4.74 Å². The van der Waals surface area contributed by atoms with E-state index in [1.165, 1.54) is 31.9 Å². The number of carbonyl (C=O) groups excluding carboxylic acids is 1. The molecule has 4 heteroatoms. The van der Waals surface area contributed by atoms with Crippen LogP contribution in [0.1, 0.15) is 26.2 Å². The molecule has 0 saturated carbocycles. The van der Waals surface area contributed by atoms with Gasteiger partial charge in [0, 0.05) is 25.2 Å². The highest BCUT2D eigenvalue weighted by atomic mass is 16.5. The van der Waals surface area contributed by atoms with Gasteiger partial charge in [-0.05, 0) is 33.4 Å². The molecule has 1 atom stereocenters. The monoisotopic (exact) mass is 240 g/mol. The van der Waals surface area contributed by atoms with E-state index in [1.807, 2.05) is 13.0 Å². The highest BCUT2D eigenvalue weighted by Crippen LogP contribution is 2.13. The van der Waals surface area contributed by atoms with Gasteiger partial charge in [-0.25, -0.2) is 4.79 Å². The zero-order chi connectivity index (χ0) is 12.5. The molecule has 0 aromatic heterocycles. The summed E-state index contributed by atoms with van der Waals surface area (Å²) in [5.74, 6) is -0.260. The molecule has 1 unspecified atom stereocenters. The smallest absolute Gasteiger partial charge is 0.330 e. The summed E-state index contributed by atoms with van der Waals surface area (Å²) < 4.78 is 4.79. The van der Waals surface area contributed by atoms with E-state index < -0.39 is 0 Å². The lowest BCUT2D eigenvalue weighted by molar-refractivity contribution is -0.137. The Labute approximate surface area is 104 Å². The molecule has 0 bridgehead atoms. The van der Waals surface area contributed by atoms with Crippen molar-refractivity contribution < 1.29 is 9.53 Å². The number of nitrogens with zero attached hydrogens (tertiary/aromatic N) is 1. The molecular weight excluding hydrogens is 216 g/mol. The Hall–Kier alpha value is -0.870. The number of ether oxygens (including phenoxy) is 1. The predicted molar refractivity (Wildman–Crippen MR) is 68.9 cm³/mol. The van der Waals surface area contributed by atoms with Crippen molar-refractivity contribution in [2.24, 2.45) is 0 Å². The largest absolute Gasteiger partial charge is 0.463 e. The van der Waals surface area contributed by atoms with Crippen molar-refractivity contribution in [3.8, 4) is 0 Å². The minimum atomic E-state index is -0.260. The van der Waals surface area contributed by atoms with Crippen molar-refractivity contribution >= 4 is 5.97 Å². The maximum atomic E-state index is 11.0. The number of carbonyl (C=O) groups is 1. The second-order valence-corrected chi connectivity index (χ2v) is 4.44. The third-order valence-corrected chi connectivity index (χ3v) is 3.10. The highest BCUT2D eigenvalue weighted by molar-refractivity contribution is 5.81.